The number of aryl methyl sites for hydroxylation is 1. The predicted molar refractivity (Wildman–Crippen MR) is 133 cm³/mol. The molecule has 0 bridgehead atoms. The molecule has 0 aliphatic heterocycles. The van der Waals surface area contributed by atoms with Gasteiger partial charge in [-0.25, -0.2) is 0 Å². The van der Waals surface area contributed by atoms with E-state index < -0.39 is 6.04 Å². The Bertz CT molecular complexity index is 1300. The lowest BCUT2D eigenvalue weighted by molar-refractivity contribution is -0.142. The number of carbonyl (C=O) groups excluding carboxylic acids is 2. The molecule has 1 fully saturated rings. The smallest absolute Gasteiger partial charge is 0.247 e. The van der Waals surface area contributed by atoms with E-state index in [2.05, 4.69) is 25.7 Å². The summed E-state index contributed by atoms with van der Waals surface area (Å²) in [6.45, 7) is 1.94. The van der Waals surface area contributed by atoms with Crippen LogP contribution in [0.15, 0.2) is 58.6 Å². The maximum Gasteiger partial charge on any atom is 0.247 e. The SMILES string of the molecule is Cc1ccc(-c2nnn(CC(=O)N(Cc3cccs3)[C@H](C(=O)NC3CCCC3)c3ccncc3)n2)o1. The Kier molecular flexibility index (Phi) is 7.17. The van der Waals surface area contributed by atoms with Crippen molar-refractivity contribution in [2.75, 3.05) is 0 Å². The number of amides is 2. The normalized spacial score (nSPS) is 14.6. The van der Waals surface area contributed by atoms with Gasteiger partial charge in [0.1, 0.15) is 18.3 Å². The molecule has 11 heteroatoms. The highest BCUT2D eigenvalue weighted by Crippen LogP contribution is 2.27. The van der Waals surface area contributed by atoms with Crippen LogP contribution in [0.5, 0.6) is 0 Å². The number of hydrogen-bond acceptors (Lipinski definition) is 8. The lowest BCUT2D eigenvalue weighted by atomic mass is 10.0. The molecule has 0 aromatic carbocycles. The Labute approximate surface area is 212 Å². The standard InChI is InChI=1S/C25H27N7O3S/c1-17-8-9-21(35-17)24-28-30-32(29-24)16-22(33)31(15-20-7-4-14-36-20)23(18-10-12-26-13-11-18)25(34)27-19-5-2-3-6-19/h4,7-14,19,23H,2-3,5-6,15-16H2,1H3,(H,27,34)/t23-/m0/s1. The fourth-order valence-corrected chi connectivity index (χ4v) is 5.14. The Hall–Kier alpha value is -3.86. The predicted octanol–water partition coefficient (Wildman–Crippen LogP) is 3.53. The van der Waals surface area contributed by atoms with Crippen LogP contribution in [0.3, 0.4) is 0 Å². The summed E-state index contributed by atoms with van der Waals surface area (Å²) in [5, 5.41) is 17.5. The number of rotatable bonds is 9. The molecule has 10 nitrogen and oxygen atoms in total. The van der Waals surface area contributed by atoms with E-state index in [1.807, 2.05) is 30.5 Å². The molecular formula is C25H27N7O3S. The number of nitrogens with one attached hydrogen (secondary N) is 1. The highest BCUT2D eigenvalue weighted by Gasteiger charge is 2.34. The Morgan fingerprint density at radius 3 is 2.69 bits per heavy atom. The molecule has 5 rings (SSSR count). The number of nitrogens with zero attached hydrogens (tertiary/aromatic N) is 6. The van der Waals surface area contributed by atoms with E-state index in [0.717, 1.165) is 36.3 Å². The maximum atomic E-state index is 13.7. The second-order valence-corrected chi connectivity index (χ2v) is 9.86. The monoisotopic (exact) mass is 505 g/mol. The van der Waals surface area contributed by atoms with E-state index in [-0.39, 0.29) is 30.9 Å². The summed E-state index contributed by atoms with van der Waals surface area (Å²) in [5.74, 6) is 1.01. The van der Waals surface area contributed by atoms with Gasteiger partial charge in [0, 0.05) is 23.3 Å². The third-order valence-electron chi connectivity index (χ3n) is 6.20. The first-order valence-electron chi connectivity index (χ1n) is 11.9. The van der Waals surface area contributed by atoms with E-state index >= 15 is 0 Å². The molecule has 1 aliphatic rings. The zero-order chi connectivity index (χ0) is 24.9. The van der Waals surface area contributed by atoms with Gasteiger partial charge in [0.2, 0.25) is 17.6 Å². The molecule has 4 aromatic heterocycles. The van der Waals surface area contributed by atoms with Gasteiger partial charge >= 0.3 is 0 Å². The first kappa shape index (κ1) is 23.9. The van der Waals surface area contributed by atoms with E-state index in [9.17, 15) is 9.59 Å². The number of aromatic nitrogens is 5. The zero-order valence-corrected chi connectivity index (χ0v) is 20.7. The highest BCUT2D eigenvalue weighted by atomic mass is 32.1. The van der Waals surface area contributed by atoms with Crippen LogP contribution in [0.4, 0.5) is 0 Å². The number of thiophene rings is 1. The quantitative estimate of drug-likeness (QED) is 0.370. The first-order valence-corrected chi connectivity index (χ1v) is 12.8. The van der Waals surface area contributed by atoms with E-state index in [1.165, 1.54) is 16.1 Å². The van der Waals surface area contributed by atoms with Gasteiger partial charge in [-0.15, -0.1) is 21.5 Å². The van der Waals surface area contributed by atoms with Crippen LogP contribution in [-0.2, 0) is 22.7 Å². The van der Waals surface area contributed by atoms with Gasteiger partial charge in [-0.2, -0.15) is 4.80 Å². The van der Waals surface area contributed by atoms with Crippen LogP contribution in [0.25, 0.3) is 11.6 Å². The third-order valence-corrected chi connectivity index (χ3v) is 7.06. The molecule has 4 aromatic rings. The van der Waals surface area contributed by atoms with Gasteiger partial charge in [-0.3, -0.25) is 14.6 Å². The summed E-state index contributed by atoms with van der Waals surface area (Å²) < 4.78 is 5.57. The zero-order valence-electron chi connectivity index (χ0n) is 19.9. The molecule has 0 radical (unpaired) electrons. The van der Waals surface area contributed by atoms with Crippen molar-refractivity contribution in [1.82, 2.24) is 35.4 Å². The molecule has 4 heterocycles. The van der Waals surface area contributed by atoms with Gasteiger partial charge in [-0.1, -0.05) is 18.9 Å². The van der Waals surface area contributed by atoms with Gasteiger partial charge in [0.25, 0.3) is 0 Å². The van der Waals surface area contributed by atoms with Gasteiger partial charge < -0.3 is 14.6 Å². The van der Waals surface area contributed by atoms with E-state index in [1.54, 1.807) is 35.5 Å². The van der Waals surface area contributed by atoms with Crippen LogP contribution in [0.2, 0.25) is 0 Å². The minimum atomic E-state index is -0.820. The number of hydrogen-bond donors (Lipinski definition) is 1. The van der Waals surface area contributed by atoms with Crippen molar-refractivity contribution in [1.29, 1.82) is 0 Å². The van der Waals surface area contributed by atoms with Crippen LogP contribution < -0.4 is 5.32 Å². The summed E-state index contributed by atoms with van der Waals surface area (Å²) >= 11 is 1.54. The van der Waals surface area contributed by atoms with Crippen molar-refractivity contribution in [3.63, 3.8) is 0 Å². The Morgan fingerprint density at radius 2 is 2.00 bits per heavy atom. The average Bonchev–Trinajstić information content (AvgIpc) is 3.68. The number of pyridine rings is 1. The minimum Gasteiger partial charge on any atom is -0.458 e. The summed E-state index contributed by atoms with van der Waals surface area (Å²) in [6, 6.07) is 10.3. The molecule has 1 atom stereocenters. The van der Waals surface area contributed by atoms with E-state index in [0.29, 0.717) is 17.1 Å². The van der Waals surface area contributed by atoms with Crippen molar-refractivity contribution >= 4 is 23.2 Å². The maximum absolute atomic E-state index is 13.7. The molecule has 1 aliphatic carbocycles. The van der Waals surface area contributed by atoms with Crippen LogP contribution in [0, 0.1) is 6.92 Å². The Balaban J connectivity index is 1.43. The van der Waals surface area contributed by atoms with Gasteiger partial charge in [0.15, 0.2) is 5.76 Å². The van der Waals surface area contributed by atoms with Crippen molar-refractivity contribution in [3.8, 4) is 11.6 Å². The van der Waals surface area contributed by atoms with Gasteiger partial charge in [0.05, 0.1) is 6.54 Å². The molecule has 186 valence electrons. The van der Waals surface area contributed by atoms with Crippen LogP contribution in [-0.4, -0.2) is 47.9 Å². The molecule has 1 saturated carbocycles. The number of tetrazole rings is 1. The molecular weight excluding hydrogens is 478 g/mol. The lowest BCUT2D eigenvalue weighted by Crippen LogP contribution is -2.46. The summed E-state index contributed by atoms with van der Waals surface area (Å²) in [7, 11) is 0. The van der Waals surface area contributed by atoms with Crippen molar-refractivity contribution in [3.05, 3.63) is 70.4 Å². The van der Waals surface area contributed by atoms with E-state index in [4.69, 9.17) is 4.42 Å². The number of furan rings is 1. The number of carbonyl (C=O) groups is 2. The fraction of sp³-hybridized carbons (Fsp3) is 0.360. The van der Waals surface area contributed by atoms with Crippen molar-refractivity contribution in [2.45, 2.75) is 57.8 Å². The fourth-order valence-electron chi connectivity index (χ4n) is 4.44. The second kappa shape index (κ2) is 10.8. The molecule has 0 unspecified atom stereocenters. The van der Waals surface area contributed by atoms with Crippen LogP contribution in [0.1, 0.15) is 47.9 Å². The first-order chi connectivity index (χ1) is 17.6. The highest BCUT2D eigenvalue weighted by molar-refractivity contribution is 7.09. The molecule has 36 heavy (non-hydrogen) atoms. The Morgan fingerprint density at radius 1 is 1.19 bits per heavy atom. The topological polar surface area (TPSA) is 119 Å². The van der Waals surface area contributed by atoms with Gasteiger partial charge in [-0.05, 0) is 66.3 Å². The molecule has 0 saturated heterocycles. The lowest BCUT2D eigenvalue weighted by Gasteiger charge is -2.31. The molecule has 0 spiro atoms. The molecule has 1 N–H and O–H groups in total. The second-order valence-electron chi connectivity index (χ2n) is 8.83. The third kappa shape index (κ3) is 5.51. The minimum absolute atomic E-state index is 0.122. The molecule has 2 amide bonds. The van der Waals surface area contributed by atoms with Crippen molar-refractivity contribution < 1.29 is 14.0 Å². The van der Waals surface area contributed by atoms with Crippen molar-refractivity contribution in [2.24, 2.45) is 0 Å². The summed E-state index contributed by atoms with van der Waals surface area (Å²) in [4.78, 5) is 35.2. The largest absolute Gasteiger partial charge is 0.458 e. The summed E-state index contributed by atoms with van der Waals surface area (Å²) in [5.41, 5.74) is 0.698. The van der Waals surface area contributed by atoms with Crippen LogP contribution >= 0.6 is 11.3 Å². The average molecular weight is 506 g/mol. The summed E-state index contributed by atoms with van der Waals surface area (Å²) in [6.07, 6.45) is 7.36.